The van der Waals surface area contributed by atoms with Gasteiger partial charge < -0.3 is 27.2 Å². The molecule has 5 amide bonds. The molecule has 0 radical (unpaired) electrons. The molecule has 8 N–H and O–H groups in total. The Kier molecular flexibility index (Phi) is 10.3. The van der Waals surface area contributed by atoms with Crippen molar-refractivity contribution in [3.8, 4) is 0 Å². The zero-order valence-corrected chi connectivity index (χ0v) is 23.8. The molecule has 13 heteroatoms. The number of hydrogen-bond donors (Lipinski definition) is 6. The second-order valence-electron chi connectivity index (χ2n) is 10.9. The second kappa shape index (κ2) is 13.6. The van der Waals surface area contributed by atoms with Gasteiger partial charge >= 0.3 is 12.1 Å². The fourth-order valence-electron chi connectivity index (χ4n) is 4.29. The lowest BCUT2D eigenvalue weighted by Crippen LogP contribution is -2.57. The van der Waals surface area contributed by atoms with Gasteiger partial charge in [0.2, 0.25) is 11.8 Å². The molecule has 1 heterocycles. The van der Waals surface area contributed by atoms with Crippen LogP contribution in [0.25, 0.3) is 10.9 Å². The fraction of sp³-hybridized carbons (Fsp3) is 0.345. The highest BCUT2D eigenvalue weighted by Crippen LogP contribution is 2.23. The Morgan fingerprint density at radius 2 is 1.64 bits per heavy atom. The number of rotatable bonds is 10. The summed E-state index contributed by atoms with van der Waals surface area (Å²) in [5.74, 6) is -1.83. The Bertz CT molecular complexity index is 1450. The molecule has 0 bridgehead atoms. The van der Waals surface area contributed by atoms with Gasteiger partial charge in [0, 0.05) is 30.0 Å². The first-order valence-corrected chi connectivity index (χ1v) is 13.4. The molecule has 2 aromatic carbocycles. The number of para-hydroxylation sites is 1. The molecule has 0 aliphatic heterocycles. The highest BCUT2D eigenvalue weighted by atomic mass is 16.4. The van der Waals surface area contributed by atoms with Gasteiger partial charge in [-0.05, 0) is 44.4 Å². The van der Waals surface area contributed by atoms with Crippen molar-refractivity contribution in [3.05, 3.63) is 71.9 Å². The minimum atomic E-state index is -1.39. The van der Waals surface area contributed by atoms with Gasteiger partial charge in [-0.25, -0.2) is 14.6 Å². The van der Waals surface area contributed by atoms with E-state index >= 15 is 0 Å². The second-order valence-corrected chi connectivity index (χ2v) is 10.9. The Hall–Kier alpha value is -4.91. The van der Waals surface area contributed by atoms with Crippen LogP contribution in [0.2, 0.25) is 0 Å². The minimum absolute atomic E-state index is 0.0575. The SMILES string of the molecule is CC(C)(C)NC(=O)N[C@@H](Cc1cn(C(=O)[C@@H](N)CCC(N)=O)c2ccccc12)C(=O)NN(Cc1ccccc1)C(=O)O. The van der Waals surface area contributed by atoms with Crippen molar-refractivity contribution in [3.63, 3.8) is 0 Å². The number of carbonyl (C=O) groups is 5. The van der Waals surface area contributed by atoms with Crippen LogP contribution in [0.4, 0.5) is 9.59 Å². The van der Waals surface area contributed by atoms with Gasteiger partial charge in [0.15, 0.2) is 0 Å². The number of aromatic nitrogens is 1. The van der Waals surface area contributed by atoms with Crippen molar-refractivity contribution in [2.45, 2.75) is 64.2 Å². The van der Waals surface area contributed by atoms with E-state index in [2.05, 4.69) is 16.1 Å². The van der Waals surface area contributed by atoms with E-state index in [-0.39, 0.29) is 25.8 Å². The molecule has 0 aliphatic rings. The number of nitrogens with one attached hydrogen (secondary N) is 3. The summed E-state index contributed by atoms with van der Waals surface area (Å²) in [6.07, 6.45) is 0.0513. The van der Waals surface area contributed by atoms with E-state index in [1.54, 1.807) is 75.4 Å². The maximum absolute atomic E-state index is 13.5. The molecule has 224 valence electrons. The van der Waals surface area contributed by atoms with Gasteiger partial charge in [0.1, 0.15) is 6.04 Å². The molecule has 0 saturated carbocycles. The number of primary amides is 1. The summed E-state index contributed by atoms with van der Waals surface area (Å²) in [7, 11) is 0. The monoisotopic (exact) mass is 579 g/mol. The number of nitrogens with zero attached hydrogens (tertiary/aromatic N) is 2. The van der Waals surface area contributed by atoms with Crippen molar-refractivity contribution in [2.75, 3.05) is 0 Å². The number of amides is 5. The summed E-state index contributed by atoms with van der Waals surface area (Å²) in [6, 6.07) is 12.8. The quantitative estimate of drug-likeness (QED) is 0.197. The first-order valence-electron chi connectivity index (χ1n) is 13.4. The summed E-state index contributed by atoms with van der Waals surface area (Å²) in [5.41, 5.74) is 14.7. The van der Waals surface area contributed by atoms with Crippen LogP contribution in [0.1, 0.15) is 49.5 Å². The number of hydrogen-bond acceptors (Lipinski definition) is 6. The highest BCUT2D eigenvalue weighted by molar-refractivity contribution is 5.97. The molecule has 0 aliphatic carbocycles. The van der Waals surface area contributed by atoms with E-state index in [1.165, 1.54) is 10.8 Å². The van der Waals surface area contributed by atoms with Gasteiger partial charge in [-0.3, -0.25) is 24.4 Å². The summed E-state index contributed by atoms with van der Waals surface area (Å²) >= 11 is 0. The zero-order chi connectivity index (χ0) is 31.0. The summed E-state index contributed by atoms with van der Waals surface area (Å²) in [5, 5.41) is 16.5. The maximum Gasteiger partial charge on any atom is 0.426 e. The maximum atomic E-state index is 13.5. The molecule has 3 aromatic rings. The molecule has 2 atom stereocenters. The topological polar surface area (TPSA) is 202 Å². The number of fused-ring (bicyclic) bond motifs is 1. The third kappa shape index (κ3) is 8.80. The number of benzene rings is 2. The zero-order valence-electron chi connectivity index (χ0n) is 23.8. The Labute approximate surface area is 243 Å². The van der Waals surface area contributed by atoms with Crippen LogP contribution in [0.5, 0.6) is 0 Å². The lowest BCUT2D eigenvalue weighted by molar-refractivity contribution is -0.127. The molecular weight excluding hydrogens is 542 g/mol. The largest absolute Gasteiger partial charge is 0.464 e. The molecule has 1 aromatic heterocycles. The lowest BCUT2D eigenvalue weighted by Gasteiger charge is -2.26. The first-order chi connectivity index (χ1) is 19.7. The predicted octanol–water partition coefficient (Wildman–Crippen LogP) is 2.09. The van der Waals surface area contributed by atoms with Crippen molar-refractivity contribution < 1.29 is 29.1 Å². The van der Waals surface area contributed by atoms with Gasteiger partial charge in [0.05, 0.1) is 18.1 Å². The van der Waals surface area contributed by atoms with E-state index in [1.807, 2.05) is 0 Å². The molecule has 13 nitrogen and oxygen atoms in total. The number of urea groups is 1. The van der Waals surface area contributed by atoms with Crippen LogP contribution < -0.4 is 27.5 Å². The Balaban J connectivity index is 1.93. The minimum Gasteiger partial charge on any atom is -0.464 e. The van der Waals surface area contributed by atoms with E-state index in [4.69, 9.17) is 11.5 Å². The summed E-state index contributed by atoms with van der Waals surface area (Å²) in [6.45, 7) is 5.19. The number of hydrazine groups is 1. The molecule has 0 fully saturated rings. The van der Waals surface area contributed by atoms with Crippen LogP contribution >= 0.6 is 0 Å². The highest BCUT2D eigenvalue weighted by Gasteiger charge is 2.28. The van der Waals surface area contributed by atoms with Crippen LogP contribution in [-0.2, 0) is 22.6 Å². The average molecular weight is 580 g/mol. The van der Waals surface area contributed by atoms with Crippen LogP contribution in [0.15, 0.2) is 60.8 Å². The number of carbonyl (C=O) groups excluding carboxylic acids is 4. The van der Waals surface area contributed by atoms with Gasteiger partial charge in [-0.15, -0.1) is 0 Å². The fourth-order valence-corrected chi connectivity index (χ4v) is 4.29. The molecular formula is C29H37N7O6. The molecule has 0 spiro atoms. The molecule has 0 unspecified atom stereocenters. The van der Waals surface area contributed by atoms with Gasteiger partial charge in [-0.2, -0.15) is 0 Å². The van der Waals surface area contributed by atoms with Crippen molar-refractivity contribution in [1.29, 1.82) is 0 Å². The summed E-state index contributed by atoms with van der Waals surface area (Å²) in [4.78, 5) is 62.7. The number of nitrogens with two attached hydrogens (primary N) is 2. The summed E-state index contributed by atoms with van der Waals surface area (Å²) < 4.78 is 1.35. The van der Waals surface area contributed by atoms with Crippen LogP contribution in [0, 0.1) is 0 Å². The molecule has 3 rings (SSSR count). The van der Waals surface area contributed by atoms with Crippen molar-refractivity contribution >= 4 is 40.7 Å². The first kappa shape index (κ1) is 31.6. The van der Waals surface area contributed by atoms with Crippen molar-refractivity contribution in [2.24, 2.45) is 11.5 Å². The number of carboxylic acid groups (broad SMARTS) is 1. The smallest absolute Gasteiger partial charge is 0.426 e. The molecule has 42 heavy (non-hydrogen) atoms. The van der Waals surface area contributed by atoms with Crippen LogP contribution in [-0.4, -0.2) is 62.2 Å². The normalized spacial score (nSPS) is 12.7. The third-order valence-corrected chi connectivity index (χ3v) is 6.24. The predicted molar refractivity (Wildman–Crippen MR) is 156 cm³/mol. The van der Waals surface area contributed by atoms with E-state index in [0.717, 1.165) is 5.01 Å². The van der Waals surface area contributed by atoms with Gasteiger partial charge in [0.25, 0.3) is 5.91 Å². The average Bonchev–Trinajstić information content (AvgIpc) is 3.28. The Morgan fingerprint density at radius 3 is 2.26 bits per heavy atom. The van der Waals surface area contributed by atoms with E-state index < -0.39 is 47.5 Å². The third-order valence-electron chi connectivity index (χ3n) is 6.24. The van der Waals surface area contributed by atoms with Crippen molar-refractivity contribution in [1.82, 2.24) is 25.6 Å². The van der Waals surface area contributed by atoms with Crippen LogP contribution in [0.3, 0.4) is 0 Å². The van der Waals surface area contributed by atoms with E-state index in [9.17, 15) is 29.1 Å². The van der Waals surface area contributed by atoms with E-state index in [0.29, 0.717) is 22.0 Å². The van der Waals surface area contributed by atoms with Gasteiger partial charge in [-0.1, -0.05) is 48.5 Å². The Morgan fingerprint density at radius 1 is 1.00 bits per heavy atom. The molecule has 0 saturated heterocycles. The standard InChI is InChI=1S/C29H37N7O6/c1-29(2,3)33-27(40)32-22(25(38)34-36(28(41)42)16-18-9-5-4-6-10-18)15-19-17-35(23-12-8-7-11-20(19)23)26(39)21(30)13-14-24(31)37/h4-12,17,21-22H,13-16,30H2,1-3H3,(H2,31,37)(H,34,38)(H,41,42)(H2,32,33,40)/t21-,22-/m0/s1. The lowest BCUT2D eigenvalue weighted by atomic mass is 10.0.